The van der Waals surface area contributed by atoms with E-state index in [2.05, 4.69) is 0 Å². The maximum atomic E-state index is 12.2. The van der Waals surface area contributed by atoms with E-state index >= 15 is 0 Å². The molecule has 1 saturated heterocycles. The van der Waals surface area contributed by atoms with Crippen molar-refractivity contribution in [3.63, 3.8) is 0 Å². The van der Waals surface area contributed by atoms with Crippen LogP contribution in [0.25, 0.3) is 0 Å². The third-order valence-corrected chi connectivity index (χ3v) is 2.86. The molecule has 1 unspecified atom stereocenters. The predicted molar refractivity (Wildman–Crippen MR) is 61.9 cm³/mol. The largest absolute Gasteiger partial charge is 0.481 e. The lowest BCUT2D eigenvalue weighted by atomic mass is 10.2. The highest BCUT2D eigenvalue weighted by Gasteiger charge is 2.27. The molecule has 2 amide bonds. The van der Waals surface area contributed by atoms with E-state index in [1.54, 1.807) is 9.80 Å². The lowest BCUT2D eigenvalue weighted by molar-refractivity contribution is -0.137. The van der Waals surface area contributed by atoms with Gasteiger partial charge in [0.15, 0.2) is 0 Å². The van der Waals surface area contributed by atoms with Crippen LogP contribution in [0.5, 0.6) is 0 Å². The Balaban J connectivity index is 2.54. The number of carboxylic acid groups (broad SMARTS) is 1. The minimum absolute atomic E-state index is 0.0156. The van der Waals surface area contributed by atoms with Crippen molar-refractivity contribution in [1.82, 2.24) is 9.80 Å². The Hall–Kier alpha value is -1.30. The number of carbonyl (C=O) groups excluding carboxylic acids is 1. The van der Waals surface area contributed by atoms with Gasteiger partial charge in [-0.15, -0.1) is 0 Å². The standard InChI is InChI=1S/C11H20N2O4/c1-3-12(5-4-10(14)15)11(16)13-6-7-17-8-9(13)2/h9H,3-8H2,1-2H3,(H,14,15). The van der Waals surface area contributed by atoms with E-state index in [0.717, 1.165) is 0 Å². The number of hydrogen-bond donors (Lipinski definition) is 1. The molecule has 6 heteroatoms. The van der Waals surface area contributed by atoms with Gasteiger partial charge < -0.3 is 19.6 Å². The third kappa shape index (κ3) is 3.89. The van der Waals surface area contributed by atoms with Gasteiger partial charge in [0.2, 0.25) is 0 Å². The van der Waals surface area contributed by atoms with Gasteiger partial charge in [-0.25, -0.2) is 4.79 Å². The van der Waals surface area contributed by atoms with Gasteiger partial charge in [-0.3, -0.25) is 4.79 Å². The average molecular weight is 244 g/mol. The van der Waals surface area contributed by atoms with Crippen molar-refractivity contribution in [2.45, 2.75) is 26.3 Å². The predicted octanol–water partition coefficient (Wildman–Crippen LogP) is 0.624. The molecule has 1 fully saturated rings. The van der Waals surface area contributed by atoms with Crippen LogP contribution in [-0.4, -0.2) is 65.8 Å². The van der Waals surface area contributed by atoms with Crippen LogP contribution in [0, 0.1) is 0 Å². The maximum Gasteiger partial charge on any atom is 0.320 e. The van der Waals surface area contributed by atoms with Crippen molar-refractivity contribution in [3.05, 3.63) is 0 Å². The van der Waals surface area contributed by atoms with Gasteiger partial charge in [0.25, 0.3) is 0 Å². The molecule has 1 rings (SSSR count). The fourth-order valence-electron chi connectivity index (χ4n) is 1.81. The first-order chi connectivity index (χ1) is 8.06. The Morgan fingerprint density at radius 2 is 2.24 bits per heavy atom. The molecule has 1 atom stereocenters. The molecule has 1 aliphatic heterocycles. The molecule has 6 nitrogen and oxygen atoms in total. The molecule has 0 radical (unpaired) electrons. The van der Waals surface area contributed by atoms with Crippen LogP contribution in [-0.2, 0) is 9.53 Å². The second-order valence-electron chi connectivity index (χ2n) is 4.12. The van der Waals surface area contributed by atoms with Crippen molar-refractivity contribution < 1.29 is 19.4 Å². The molecule has 0 aromatic carbocycles. The summed E-state index contributed by atoms with van der Waals surface area (Å²) in [7, 11) is 0. The molecule has 0 bridgehead atoms. The molecular formula is C11H20N2O4. The number of morpholine rings is 1. The van der Waals surface area contributed by atoms with E-state index < -0.39 is 5.97 Å². The van der Waals surface area contributed by atoms with Crippen molar-refractivity contribution in [1.29, 1.82) is 0 Å². The molecule has 17 heavy (non-hydrogen) atoms. The molecule has 1 aliphatic rings. The number of urea groups is 1. The number of carbonyl (C=O) groups is 2. The number of aliphatic carboxylic acids is 1. The van der Waals surface area contributed by atoms with Gasteiger partial charge in [-0.1, -0.05) is 0 Å². The summed E-state index contributed by atoms with van der Waals surface area (Å²) in [5, 5.41) is 8.63. The van der Waals surface area contributed by atoms with E-state index in [9.17, 15) is 9.59 Å². The van der Waals surface area contributed by atoms with Gasteiger partial charge in [0.05, 0.1) is 25.7 Å². The second-order valence-corrected chi connectivity index (χ2v) is 4.12. The Morgan fingerprint density at radius 3 is 2.76 bits per heavy atom. The van der Waals surface area contributed by atoms with E-state index in [4.69, 9.17) is 9.84 Å². The van der Waals surface area contributed by atoms with Crippen molar-refractivity contribution in [3.8, 4) is 0 Å². The SMILES string of the molecule is CCN(CCC(=O)O)C(=O)N1CCOCC1C. The molecule has 0 aromatic heterocycles. The molecule has 1 heterocycles. The topological polar surface area (TPSA) is 70.1 Å². The van der Waals surface area contributed by atoms with Gasteiger partial charge >= 0.3 is 12.0 Å². The van der Waals surface area contributed by atoms with E-state index in [1.165, 1.54) is 0 Å². The summed E-state index contributed by atoms with van der Waals surface area (Å²) < 4.78 is 5.27. The van der Waals surface area contributed by atoms with Gasteiger partial charge in [0, 0.05) is 19.6 Å². The zero-order valence-corrected chi connectivity index (χ0v) is 10.4. The first-order valence-corrected chi connectivity index (χ1v) is 5.91. The summed E-state index contributed by atoms with van der Waals surface area (Å²) in [6, 6.07) is -0.0420. The minimum atomic E-state index is -0.883. The van der Waals surface area contributed by atoms with Gasteiger partial charge in [0.1, 0.15) is 0 Å². The number of nitrogens with zero attached hydrogens (tertiary/aromatic N) is 2. The van der Waals surface area contributed by atoms with Gasteiger partial charge in [-0.05, 0) is 13.8 Å². The Kier molecular flexibility index (Phi) is 5.21. The summed E-state index contributed by atoms with van der Waals surface area (Å²) in [6.45, 7) is 6.23. The van der Waals surface area contributed by atoms with E-state index in [0.29, 0.717) is 26.3 Å². The van der Waals surface area contributed by atoms with Crippen LogP contribution in [0.4, 0.5) is 4.79 Å². The number of ether oxygens (including phenoxy) is 1. The maximum absolute atomic E-state index is 12.2. The zero-order valence-electron chi connectivity index (χ0n) is 10.4. The van der Waals surface area contributed by atoms with E-state index in [-0.39, 0.29) is 25.0 Å². The lowest BCUT2D eigenvalue weighted by Gasteiger charge is -2.36. The van der Waals surface area contributed by atoms with Crippen LogP contribution >= 0.6 is 0 Å². The summed E-state index contributed by atoms with van der Waals surface area (Å²) >= 11 is 0. The Bertz CT molecular complexity index is 283. The van der Waals surface area contributed by atoms with Gasteiger partial charge in [-0.2, -0.15) is 0 Å². The normalized spacial score (nSPS) is 20.1. The minimum Gasteiger partial charge on any atom is -0.481 e. The molecular weight excluding hydrogens is 224 g/mol. The molecule has 0 saturated carbocycles. The van der Waals surface area contributed by atoms with Crippen LogP contribution in [0.3, 0.4) is 0 Å². The average Bonchev–Trinajstić information content (AvgIpc) is 2.29. The number of amides is 2. The lowest BCUT2D eigenvalue weighted by Crippen LogP contribution is -2.52. The summed E-state index contributed by atoms with van der Waals surface area (Å²) in [6.07, 6.45) is -0.0156. The fraction of sp³-hybridized carbons (Fsp3) is 0.818. The van der Waals surface area contributed by atoms with E-state index in [1.807, 2.05) is 13.8 Å². The zero-order chi connectivity index (χ0) is 12.8. The van der Waals surface area contributed by atoms with Crippen molar-refractivity contribution in [2.24, 2.45) is 0 Å². The first-order valence-electron chi connectivity index (χ1n) is 5.91. The summed E-state index contributed by atoms with van der Waals surface area (Å²) in [5.74, 6) is -0.883. The van der Waals surface area contributed by atoms with Crippen molar-refractivity contribution in [2.75, 3.05) is 32.8 Å². The smallest absolute Gasteiger partial charge is 0.320 e. The summed E-state index contributed by atoms with van der Waals surface area (Å²) in [4.78, 5) is 26.0. The van der Waals surface area contributed by atoms with Crippen LogP contribution < -0.4 is 0 Å². The quantitative estimate of drug-likeness (QED) is 0.787. The van der Waals surface area contributed by atoms with Crippen molar-refractivity contribution >= 4 is 12.0 Å². The summed E-state index contributed by atoms with van der Waals surface area (Å²) in [5.41, 5.74) is 0. The highest BCUT2D eigenvalue weighted by atomic mass is 16.5. The molecule has 0 spiro atoms. The highest BCUT2D eigenvalue weighted by molar-refractivity contribution is 5.76. The third-order valence-electron chi connectivity index (χ3n) is 2.86. The second kappa shape index (κ2) is 6.44. The van der Waals surface area contributed by atoms with Crippen LogP contribution in [0.1, 0.15) is 20.3 Å². The molecule has 98 valence electrons. The first kappa shape index (κ1) is 13.8. The fourth-order valence-corrected chi connectivity index (χ4v) is 1.81. The number of hydrogen-bond acceptors (Lipinski definition) is 3. The van der Waals surface area contributed by atoms with Crippen LogP contribution in [0.2, 0.25) is 0 Å². The molecule has 0 aliphatic carbocycles. The number of carboxylic acids is 1. The Morgan fingerprint density at radius 1 is 1.53 bits per heavy atom. The molecule has 1 N–H and O–H groups in total. The molecule has 0 aromatic rings. The Labute approximate surface area is 101 Å². The monoisotopic (exact) mass is 244 g/mol. The number of rotatable bonds is 4. The highest BCUT2D eigenvalue weighted by Crippen LogP contribution is 2.10. The van der Waals surface area contributed by atoms with Crippen LogP contribution in [0.15, 0.2) is 0 Å².